The Kier molecular flexibility index (Phi) is 6.68. The lowest BCUT2D eigenvalue weighted by Crippen LogP contribution is -2.22. The molecule has 1 aliphatic rings. The van der Waals surface area contributed by atoms with E-state index in [1.54, 1.807) is 24.3 Å². The summed E-state index contributed by atoms with van der Waals surface area (Å²) in [7, 11) is 0. The maximum absolute atomic E-state index is 12.4. The molecule has 144 valence electrons. The summed E-state index contributed by atoms with van der Waals surface area (Å²) in [6.45, 7) is 1.83. The molecule has 3 rings (SSSR count). The maximum atomic E-state index is 12.4. The molecule has 0 saturated heterocycles. The zero-order valence-corrected chi connectivity index (χ0v) is 16.7. The molecule has 1 aromatic carbocycles. The highest BCUT2D eigenvalue weighted by molar-refractivity contribution is 8.02. The van der Waals surface area contributed by atoms with Gasteiger partial charge in [-0.25, -0.2) is 0 Å². The summed E-state index contributed by atoms with van der Waals surface area (Å²) in [5.74, 6) is -0.630. The van der Waals surface area contributed by atoms with Crippen LogP contribution in [0.2, 0.25) is 0 Å². The molecule has 1 saturated carbocycles. The van der Waals surface area contributed by atoms with Gasteiger partial charge in [-0.15, -0.1) is 10.2 Å². The molecule has 7 nitrogen and oxygen atoms in total. The smallest absolute Gasteiger partial charge is 0.248 e. The van der Waals surface area contributed by atoms with E-state index in [9.17, 15) is 9.59 Å². The minimum Gasteiger partial charge on any atom is -0.366 e. The van der Waals surface area contributed by atoms with Crippen LogP contribution in [0.3, 0.4) is 0 Å². The number of carbonyl (C=O) groups excluding carboxylic acids is 2. The van der Waals surface area contributed by atoms with Gasteiger partial charge in [0.2, 0.25) is 16.9 Å². The van der Waals surface area contributed by atoms with Crippen molar-refractivity contribution in [2.45, 2.75) is 54.7 Å². The first-order chi connectivity index (χ1) is 13.0. The van der Waals surface area contributed by atoms with Gasteiger partial charge >= 0.3 is 0 Å². The molecule has 9 heteroatoms. The molecular formula is C18H23N5O2S2. The van der Waals surface area contributed by atoms with Gasteiger partial charge in [-0.1, -0.05) is 42.4 Å². The number of thioether (sulfide) groups is 1. The number of carbonyl (C=O) groups is 2. The van der Waals surface area contributed by atoms with Crippen molar-refractivity contribution in [1.29, 1.82) is 0 Å². The van der Waals surface area contributed by atoms with E-state index in [0.29, 0.717) is 17.3 Å². The van der Waals surface area contributed by atoms with Crippen molar-refractivity contribution in [2.75, 3.05) is 10.6 Å². The van der Waals surface area contributed by atoms with E-state index in [0.717, 1.165) is 9.47 Å². The highest BCUT2D eigenvalue weighted by atomic mass is 32.2. The second-order valence-corrected chi connectivity index (χ2v) is 9.11. The number of aromatic nitrogens is 2. The van der Waals surface area contributed by atoms with E-state index >= 15 is 0 Å². The number of amides is 2. The Morgan fingerprint density at radius 2 is 1.89 bits per heavy atom. The summed E-state index contributed by atoms with van der Waals surface area (Å²) in [6, 6.07) is 6.97. The van der Waals surface area contributed by atoms with E-state index in [2.05, 4.69) is 20.8 Å². The molecule has 1 fully saturated rings. The Balaban J connectivity index is 1.51. The van der Waals surface area contributed by atoms with E-state index < -0.39 is 5.91 Å². The minimum absolute atomic E-state index is 0.135. The molecule has 0 radical (unpaired) electrons. The van der Waals surface area contributed by atoms with Gasteiger partial charge in [0, 0.05) is 17.3 Å². The second kappa shape index (κ2) is 9.18. The predicted octanol–water partition coefficient (Wildman–Crippen LogP) is 3.50. The predicted molar refractivity (Wildman–Crippen MR) is 109 cm³/mol. The van der Waals surface area contributed by atoms with Crippen LogP contribution in [0.4, 0.5) is 10.8 Å². The van der Waals surface area contributed by atoms with Crippen molar-refractivity contribution in [3.05, 3.63) is 29.8 Å². The highest BCUT2D eigenvalue weighted by Crippen LogP contribution is 2.31. The third kappa shape index (κ3) is 5.67. The zero-order valence-electron chi connectivity index (χ0n) is 15.1. The number of nitrogens with one attached hydrogen (secondary N) is 2. The fourth-order valence-corrected chi connectivity index (χ4v) is 4.88. The molecule has 2 aromatic rings. The highest BCUT2D eigenvalue weighted by Gasteiger charge is 2.19. The van der Waals surface area contributed by atoms with Crippen LogP contribution in [0.1, 0.15) is 49.4 Å². The Morgan fingerprint density at radius 3 is 2.56 bits per heavy atom. The van der Waals surface area contributed by atoms with E-state index in [1.165, 1.54) is 55.2 Å². The summed E-state index contributed by atoms with van der Waals surface area (Å²) in [5, 5.41) is 15.2. The van der Waals surface area contributed by atoms with Gasteiger partial charge < -0.3 is 16.4 Å². The molecule has 27 heavy (non-hydrogen) atoms. The quantitative estimate of drug-likeness (QED) is 0.608. The van der Waals surface area contributed by atoms with Gasteiger partial charge in [0.25, 0.3) is 0 Å². The summed E-state index contributed by atoms with van der Waals surface area (Å²) in [5.41, 5.74) is 6.24. The number of anilines is 2. The van der Waals surface area contributed by atoms with Gasteiger partial charge in [-0.05, 0) is 44.0 Å². The van der Waals surface area contributed by atoms with Crippen LogP contribution in [-0.2, 0) is 4.79 Å². The van der Waals surface area contributed by atoms with Gasteiger partial charge in [0.05, 0.1) is 5.25 Å². The fourth-order valence-electron chi connectivity index (χ4n) is 2.90. The molecule has 4 N–H and O–H groups in total. The Bertz CT molecular complexity index is 787. The van der Waals surface area contributed by atoms with Crippen molar-refractivity contribution < 1.29 is 9.59 Å². The lowest BCUT2D eigenvalue weighted by Gasteiger charge is -2.21. The molecule has 1 atom stereocenters. The third-order valence-corrected chi connectivity index (χ3v) is 6.46. The molecule has 0 spiro atoms. The van der Waals surface area contributed by atoms with Crippen LogP contribution < -0.4 is 16.4 Å². The number of hydrogen-bond donors (Lipinski definition) is 3. The van der Waals surface area contributed by atoms with Crippen molar-refractivity contribution in [3.63, 3.8) is 0 Å². The lowest BCUT2D eigenvalue weighted by molar-refractivity contribution is -0.115. The monoisotopic (exact) mass is 405 g/mol. The largest absolute Gasteiger partial charge is 0.366 e. The molecule has 0 bridgehead atoms. The van der Waals surface area contributed by atoms with Crippen LogP contribution in [0.15, 0.2) is 28.6 Å². The summed E-state index contributed by atoms with van der Waals surface area (Å²) in [6.07, 6.45) is 6.18. The van der Waals surface area contributed by atoms with Crippen LogP contribution >= 0.6 is 23.1 Å². The molecule has 1 aliphatic carbocycles. The zero-order chi connectivity index (χ0) is 19.2. The van der Waals surface area contributed by atoms with Crippen molar-refractivity contribution in [1.82, 2.24) is 10.2 Å². The van der Waals surface area contributed by atoms with Crippen LogP contribution in [0.5, 0.6) is 0 Å². The number of hydrogen-bond acceptors (Lipinski definition) is 7. The third-order valence-electron chi connectivity index (χ3n) is 4.42. The Morgan fingerprint density at radius 1 is 1.19 bits per heavy atom. The first-order valence-electron chi connectivity index (χ1n) is 8.98. The van der Waals surface area contributed by atoms with E-state index in [-0.39, 0.29) is 11.2 Å². The van der Waals surface area contributed by atoms with Crippen molar-refractivity contribution >= 4 is 45.7 Å². The summed E-state index contributed by atoms with van der Waals surface area (Å²) >= 11 is 2.86. The van der Waals surface area contributed by atoms with Crippen molar-refractivity contribution in [2.24, 2.45) is 5.73 Å². The topological polar surface area (TPSA) is 110 Å². The first kappa shape index (κ1) is 19.6. The minimum atomic E-state index is -0.495. The average molecular weight is 406 g/mol. The summed E-state index contributed by atoms with van der Waals surface area (Å²) in [4.78, 5) is 23.5. The van der Waals surface area contributed by atoms with Gasteiger partial charge in [0.15, 0.2) is 4.34 Å². The number of nitrogens with two attached hydrogens (primary N) is 1. The number of primary amides is 1. The normalized spacial score (nSPS) is 15.9. The molecule has 1 unspecified atom stereocenters. The van der Waals surface area contributed by atoms with Crippen LogP contribution in [0.25, 0.3) is 0 Å². The van der Waals surface area contributed by atoms with Crippen LogP contribution in [0, 0.1) is 0 Å². The SMILES string of the molecule is CC(Sc1nnc(NC2CCCCC2)s1)C(=O)Nc1ccc(C(N)=O)cc1. The second-order valence-electron chi connectivity index (χ2n) is 6.54. The Labute approximate surface area is 166 Å². The van der Waals surface area contributed by atoms with Gasteiger partial charge in [-0.3, -0.25) is 9.59 Å². The van der Waals surface area contributed by atoms with E-state index in [1.807, 2.05) is 6.92 Å². The van der Waals surface area contributed by atoms with Gasteiger partial charge in [-0.2, -0.15) is 0 Å². The van der Waals surface area contributed by atoms with Gasteiger partial charge in [0.1, 0.15) is 0 Å². The van der Waals surface area contributed by atoms with Crippen LogP contribution in [-0.4, -0.2) is 33.3 Å². The molecule has 1 heterocycles. The molecule has 2 amide bonds. The maximum Gasteiger partial charge on any atom is 0.248 e. The number of nitrogens with zero attached hydrogens (tertiary/aromatic N) is 2. The number of rotatable bonds is 7. The number of benzene rings is 1. The first-order valence-corrected chi connectivity index (χ1v) is 10.7. The Hall–Kier alpha value is -2.13. The average Bonchev–Trinajstić information content (AvgIpc) is 3.09. The van der Waals surface area contributed by atoms with Crippen molar-refractivity contribution in [3.8, 4) is 0 Å². The molecule has 0 aliphatic heterocycles. The molecular weight excluding hydrogens is 382 g/mol. The lowest BCUT2D eigenvalue weighted by atomic mass is 9.96. The van der Waals surface area contributed by atoms with E-state index in [4.69, 9.17) is 5.73 Å². The summed E-state index contributed by atoms with van der Waals surface area (Å²) < 4.78 is 0.764. The molecule has 1 aromatic heterocycles. The standard InChI is InChI=1S/C18H23N5O2S2/c1-11(16(25)20-14-9-7-12(8-10-14)15(19)24)26-18-23-22-17(27-18)21-13-5-3-2-4-6-13/h7-11,13H,2-6H2,1H3,(H2,19,24)(H,20,25)(H,21,22). The fraction of sp³-hybridized carbons (Fsp3) is 0.444.